The molecular formula is C14H12O4. The fraction of sp³-hybridized carbons (Fsp3) is 0.0714. The van der Waals surface area contributed by atoms with Crippen LogP contribution in [0.3, 0.4) is 0 Å². The van der Waals surface area contributed by atoms with E-state index >= 15 is 0 Å². The maximum Gasteiger partial charge on any atom is 0.193 e. The zero-order chi connectivity index (χ0) is 13.0. The maximum atomic E-state index is 12.0. The Morgan fingerprint density at radius 1 is 1.33 bits per heavy atom. The third-order valence-corrected chi connectivity index (χ3v) is 2.41. The summed E-state index contributed by atoms with van der Waals surface area (Å²) >= 11 is 0. The molecule has 2 aromatic rings. The standard InChI is InChI=1S/C14H12O4/c1-17-13-6-2-5-11(15)14(13)12(16)8-7-10-4-3-9-18-10/h2-9,15H,1H3. The maximum absolute atomic E-state index is 12.0. The Kier molecular flexibility index (Phi) is 3.48. The molecule has 92 valence electrons. The predicted molar refractivity (Wildman–Crippen MR) is 66.7 cm³/mol. The molecule has 1 aromatic carbocycles. The Morgan fingerprint density at radius 3 is 2.83 bits per heavy atom. The summed E-state index contributed by atoms with van der Waals surface area (Å²) in [4.78, 5) is 12.0. The highest BCUT2D eigenvalue weighted by Crippen LogP contribution is 2.28. The molecule has 0 atom stereocenters. The van der Waals surface area contributed by atoms with E-state index in [1.165, 1.54) is 31.6 Å². The highest BCUT2D eigenvalue weighted by Gasteiger charge is 2.14. The van der Waals surface area contributed by atoms with Crippen LogP contribution in [0.1, 0.15) is 16.1 Å². The first-order chi connectivity index (χ1) is 8.72. The van der Waals surface area contributed by atoms with Crippen LogP contribution in [0.5, 0.6) is 11.5 Å². The van der Waals surface area contributed by atoms with Crippen LogP contribution in [0.2, 0.25) is 0 Å². The summed E-state index contributed by atoms with van der Waals surface area (Å²) in [5, 5.41) is 9.69. The molecule has 0 unspecified atom stereocenters. The zero-order valence-electron chi connectivity index (χ0n) is 9.79. The lowest BCUT2D eigenvalue weighted by Crippen LogP contribution is -1.99. The van der Waals surface area contributed by atoms with Crippen LogP contribution < -0.4 is 4.74 Å². The first kappa shape index (κ1) is 12.0. The van der Waals surface area contributed by atoms with Crippen LogP contribution in [-0.2, 0) is 0 Å². The molecule has 0 saturated carbocycles. The van der Waals surface area contributed by atoms with Gasteiger partial charge in [-0.25, -0.2) is 0 Å². The molecule has 0 bridgehead atoms. The number of carbonyl (C=O) groups excluding carboxylic acids is 1. The van der Waals surface area contributed by atoms with Gasteiger partial charge in [0.2, 0.25) is 0 Å². The first-order valence-electron chi connectivity index (χ1n) is 5.34. The van der Waals surface area contributed by atoms with Gasteiger partial charge in [-0.05, 0) is 36.4 Å². The molecule has 0 aliphatic carbocycles. The average molecular weight is 244 g/mol. The third-order valence-electron chi connectivity index (χ3n) is 2.41. The summed E-state index contributed by atoms with van der Waals surface area (Å²) < 4.78 is 10.1. The van der Waals surface area contributed by atoms with Gasteiger partial charge in [-0.2, -0.15) is 0 Å². The van der Waals surface area contributed by atoms with Crippen LogP contribution in [0.25, 0.3) is 6.08 Å². The van der Waals surface area contributed by atoms with Crippen LogP contribution in [0, 0.1) is 0 Å². The van der Waals surface area contributed by atoms with Gasteiger partial charge >= 0.3 is 0 Å². The number of allylic oxidation sites excluding steroid dienone is 1. The molecule has 1 heterocycles. The van der Waals surface area contributed by atoms with Gasteiger partial charge in [0.25, 0.3) is 0 Å². The zero-order valence-corrected chi connectivity index (χ0v) is 9.79. The van der Waals surface area contributed by atoms with Crippen molar-refractivity contribution in [2.45, 2.75) is 0 Å². The van der Waals surface area contributed by atoms with Gasteiger partial charge in [-0.3, -0.25) is 4.79 Å². The van der Waals surface area contributed by atoms with Crippen molar-refractivity contribution >= 4 is 11.9 Å². The Morgan fingerprint density at radius 2 is 2.17 bits per heavy atom. The lowest BCUT2D eigenvalue weighted by Gasteiger charge is -2.06. The minimum absolute atomic E-state index is 0.108. The van der Waals surface area contributed by atoms with E-state index in [4.69, 9.17) is 9.15 Å². The minimum Gasteiger partial charge on any atom is -0.507 e. The Bertz CT molecular complexity index is 567. The normalized spacial score (nSPS) is 10.7. The van der Waals surface area contributed by atoms with Gasteiger partial charge in [0.1, 0.15) is 22.8 Å². The number of methoxy groups -OCH3 is 1. The number of benzene rings is 1. The van der Waals surface area contributed by atoms with E-state index < -0.39 is 0 Å². The number of rotatable bonds is 4. The fourth-order valence-electron chi connectivity index (χ4n) is 1.56. The highest BCUT2D eigenvalue weighted by atomic mass is 16.5. The largest absolute Gasteiger partial charge is 0.507 e. The van der Waals surface area contributed by atoms with E-state index in [0.717, 1.165) is 0 Å². The molecule has 0 spiro atoms. The van der Waals surface area contributed by atoms with Crippen LogP contribution in [0.15, 0.2) is 47.1 Å². The predicted octanol–water partition coefficient (Wildman–Crippen LogP) is 2.89. The topological polar surface area (TPSA) is 59.7 Å². The molecule has 1 aromatic heterocycles. The molecule has 4 nitrogen and oxygen atoms in total. The van der Waals surface area contributed by atoms with E-state index in [1.54, 1.807) is 24.3 Å². The summed E-state index contributed by atoms with van der Waals surface area (Å²) in [6.07, 6.45) is 4.38. The van der Waals surface area contributed by atoms with Crippen LogP contribution >= 0.6 is 0 Å². The van der Waals surface area contributed by atoms with E-state index in [2.05, 4.69) is 0 Å². The number of phenols is 1. The van der Waals surface area contributed by atoms with Gasteiger partial charge in [0, 0.05) is 0 Å². The van der Waals surface area contributed by atoms with E-state index in [-0.39, 0.29) is 17.1 Å². The van der Waals surface area contributed by atoms with Crippen molar-refractivity contribution < 1.29 is 19.1 Å². The molecule has 4 heteroatoms. The van der Waals surface area contributed by atoms with Crippen LogP contribution in [-0.4, -0.2) is 18.0 Å². The van der Waals surface area contributed by atoms with Crippen molar-refractivity contribution in [2.24, 2.45) is 0 Å². The second kappa shape index (κ2) is 5.23. The van der Waals surface area contributed by atoms with E-state index in [9.17, 15) is 9.90 Å². The SMILES string of the molecule is COc1cccc(O)c1C(=O)C=Cc1ccco1. The third kappa shape index (κ3) is 2.43. The van der Waals surface area contributed by atoms with Gasteiger partial charge in [0.15, 0.2) is 5.78 Å². The molecule has 0 radical (unpaired) electrons. The number of ketones is 1. The molecule has 0 amide bonds. The Hall–Kier alpha value is -2.49. The smallest absolute Gasteiger partial charge is 0.193 e. The van der Waals surface area contributed by atoms with Crippen molar-refractivity contribution in [1.82, 2.24) is 0 Å². The number of phenolic OH excluding ortho intramolecular Hbond substituents is 1. The average Bonchev–Trinajstić information content (AvgIpc) is 2.88. The number of hydrogen-bond acceptors (Lipinski definition) is 4. The van der Waals surface area contributed by atoms with E-state index in [0.29, 0.717) is 11.5 Å². The molecule has 0 saturated heterocycles. The minimum atomic E-state index is -0.346. The quantitative estimate of drug-likeness (QED) is 0.663. The Labute approximate surface area is 104 Å². The second-order valence-electron chi connectivity index (χ2n) is 3.57. The summed E-state index contributed by atoms with van der Waals surface area (Å²) in [5.74, 6) is 0.451. The van der Waals surface area contributed by atoms with Crippen molar-refractivity contribution in [3.05, 3.63) is 54.0 Å². The van der Waals surface area contributed by atoms with Crippen molar-refractivity contribution in [3.63, 3.8) is 0 Å². The molecule has 0 aliphatic heterocycles. The summed E-state index contributed by atoms with van der Waals surface area (Å²) in [7, 11) is 1.45. The lowest BCUT2D eigenvalue weighted by atomic mass is 10.1. The second-order valence-corrected chi connectivity index (χ2v) is 3.57. The van der Waals surface area contributed by atoms with Gasteiger partial charge in [-0.1, -0.05) is 6.07 Å². The monoisotopic (exact) mass is 244 g/mol. The lowest BCUT2D eigenvalue weighted by molar-refractivity contribution is 0.104. The number of ether oxygens (including phenoxy) is 1. The number of furan rings is 1. The summed E-state index contributed by atoms with van der Waals surface area (Å²) in [6, 6.07) is 8.13. The van der Waals surface area contributed by atoms with E-state index in [1.807, 2.05) is 0 Å². The highest BCUT2D eigenvalue weighted by molar-refractivity contribution is 6.10. The van der Waals surface area contributed by atoms with Gasteiger partial charge in [0.05, 0.1) is 13.4 Å². The molecule has 1 N–H and O–H groups in total. The van der Waals surface area contributed by atoms with Crippen molar-refractivity contribution in [3.8, 4) is 11.5 Å². The Balaban J connectivity index is 2.29. The number of carbonyl (C=O) groups is 1. The molecule has 0 fully saturated rings. The molecule has 0 aliphatic rings. The molecular weight excluding hydrogens is 232 g/mol. The van der Waals surface area contributed by atoms with Gasteiger partial charge in [-0.15, -0.1) is 0 Å². The van der Waals surface area contributed by atoms with Gasteiger partial charge < -0.3 is 14.3 Å². The number of hydrogen-bond donors (Lipinski definition) is 1. The van der Waals surface area contributed by atoms with Crippen LogP contribution in [0.4, 0.5) is 0 Å². The molecule has 18 heavy (non-hydrogen) atoms. The summed E-state index contributed by atoms with van der Waals surface area (Å²) in [5.41, 5.74) is 0.141. The summed E-state index contributed by atoms with van der Waals surface area (Å²) in [6.45, 7) is 0. The van der Waals surface area contributed by atoms with Crippen molar-refractivity contribution in [1.29, 1.82) is 0 Å². The van der Waals surface area contributed by atoms with Crippen molar-refractivity contribution in [2.75, 3.05) is 7.11 Å². The fourth-order valence-corrected chi connectivity index (χ4v) is 1.56. The molecule has 2 rings (SSSR count). The number of aromatic hydroxyl groups is 1. The first-order valence-corrected chi connectivity index (χ1v) is 5.34.